The van der Waals surface area contributed by atoms with E-state index >= 15 is 0 Å². The van der Waals surface area contributed by atoms with Crippen LogP contribution < -0.4 is 0 Å². The summed E-state index contributed by atoms with van der Waals surface area (Å²) in [5.41, 5.74) is 0. The molecular weight excluding hydrogens is 129 g/mol. The first-order chi connectivity index (χ1) is 5.04. The number of nitrogens with zero attached hydrogens (tertiary/aromatic N) is 1. The van der Waals surface area contributed by atoms with Crippen molar-refractivity contribution < 1.29 is 8.50 Å². The van der Waals surface area contributed by atoms with E-state index in [4.69, 9.17) is 15.7 Å². The highest BCUT2D eigenvalue weighted by molar-refractivity contribution is 6.30. The van der Waals surface area contributed by atoms with Gasteiger partial charge in [0.05, 0.1) is 15.3 Å². The second kappa shape index (κ2) is 2.09. The summed E-state index contributed by atoms with van der Waals surface area (Å²) in [7, 11) is 0. The fourth-order valence-electron chi connectivity index (χ4n) is 0.258. The van der Waals surface area contributed by atoms with Crippen LogP contribution in [-0.2, 0) is 0 Å². The van der Waals surface area contributed by atoms with E-state index in [1.165, 1.54) is 0 Å². The predicted octanol–water partition coefficient (Wildman–Crippen LogP) is 1.87. The molecule has 0 bridgehead atoms. The van der Waals surface area contributed by atoms with Gasteiger partial charge < -0.3 is 0 Å². The van der Waals surface area contributed by atoms with E-state index in [0.29, 0.717) is 0 Å². The molecular formula is C5H3ClFN. The van der Waals surface area contributed by atoms with Gasteiger partial charge in [-0.25, -0.2) is 4.39 Å². The van der Waals surface area contributed by atoms with Gasteiger partial charge in [0.2, 0.25) is 0 Å². The number of hydrogen-bond acceptors (Lipinski definition) is 1. The van der Waals surface area contributed by atoms with Crippen LogP contribution in [-0.4, -0.2) is 4.98 Å². The highest BCUT2D eigenvalue weighted by atomic mass is 35.5. The van der Waals surface area contributed by atoms with Crippen molar-refractivity contribution in [3.8, 4) is 0 Å². The zero-order valence-electron chi connectivity index (χ0n) is 6.70. The molecule has 0 aliphatic carbocycles. The summed E-state index contributed by atoms with van der Waals surface area (Å²) in [5.74, 6) is -1.05. The Kier molecular flexibility index (Phi) is 0.727. The largest absolute Gasteiger partial charge is 0.262 e. The maximum atomic E-state index is 12.6. The predicted molar refractivity (Wildman–Crippen MR) is 29.2 cm³/mol. The van der Waals surface area contributed by atoms with Crippen LogP contribution in [0.15, 0.2) is 18.4 Å². The smallest absolute Gasteiger partial charge is 0.160 e. The van der Waals surface area contributed by atoms with Crippen LogP contribution >= 0.6 is 11.6 Å². The summed E-state index contributed by atoms with van der Waals surface area (Å²) in [6, 6.07) is -0.486. The SMILES string of the molecule is [2H]c1nc([2H])c(F)c(Cl)c1[2H]. The van der Waals surface area contributed by atoms with Crippen LogP contribution in [0.2, 0.25) is 5.02 Å². The van der Waals surface area contributed by atoms with Gasteiger partial charge >= 0.3 is 0 Å². The Morgan fingerprint density at radius 2 is 2.62 bits per heavy atom. The molecule has 0 spiro atoms. The van der Waals surface area contributed by atoms with Crippen LogP contribution in [0.5, 0.6) is 0 Å². The summed E-state index contributed by atoms with van der Waals surface area (Å²) in [6.45, 7) is 0. The molecule has 1 aromatic heterocycles. The zero-order chi connectivity index (χ0) is 8.59. The van der Waals surface area contributed by atoms with Gasteiger partial charge in [0.1, 0.15) is 0 Å². The number of halogens is 2. The lowest BCUT2D eigenvalue weighted by molar-refractivity contribution is 0.622. The maximum absolute atomic E-state index is 12.6. The molecule has 42 valence electrons. The van der Waals surface area contributed by atoms with Gasteiger partial charge in [0.25, 0.3) is 0 Å². The van der Waals surface area contributed by atoms with E-state index in [2.05, 4.69) is 4.98 Å². The van der Waals surface area contributed by atoms with Crippen molar-refractivity contribution in [2.24, 2.45) is 0 Å². The Morgan fingerprint density at radius 1 is 1.88 bits per heavy atom. The first-order valence-electron chi connectivity index (χ1n) is 3.33. The Hall–Kier alpha value is -0.630. The molecule has 0 N–H and O–H groups in total. The Bertz CT molecular complexity index is 278. The van der Waals surface area contributed by atoms with Gasteiger partial charge in [-0.15, -0.1) is 0 Å². The van der Waals surface area contributed by atoms with E-state index in [9.17, 15) is 4.39 Å². The van der Waals surface area contributed by atoms with Crippen LogP contribution in [0.3, 0.4) is 0 Å². The standard InChI is InChI=1S/C5H3ClFN/c6-4-1-2-8-3-5(4)7/h1-3H/i1D,2D,3D. The topological polar surface area (TPSA) is 12.9 Å². The van der Waals surface area contributed by atoms with E-state index < -0.39 is 29.2 Å². The molecule has 0 aromatic carbocycles. The molecule has 0 saturated carbocycles. The van der Waals surface area contributed by atoms with Gasteiger partial charge in [0, 0.05) is 6.17 Å². The first-order valence-corrected chi connectivity index (χ1v) is 2.20. The third kappa shape index (κ3) is 0.954. The van der Waals surface area contributed by atoms with Crippen LogP contribution in [0.1, 0.15) is 4.11 Å². The van der Waals surface area contributed by atoms with Crippen molar-refractivity contribution in [2.45, 2.75) is 0 Å². The molecule has 0 radical (unpaired) electrons. The molecule has 8 heavy (non-hydrogen) atoms. The van der Waals surface area contributed by atoms with E-state index in [1.807, 2.05) is 0 Å². The van der Waals surface area contributed by atoms with E-state index in [0.717, 1.165) is 0 Å². The fourth-order valence-corrected chi connectivity index (χ4v) is 0.343. The third-order valence-electron chi connectivity index (χ3n) is 0.568. The number of pyridine rings is 1. The minimum atomic E-state index is -1.05. The second-order valence-corrected chi connectivity index (χ2v) is 1.47. The third-order valence-corrected chi connectivity index (χ3v) is 0.829. The van der Waals surface area contributed by atoms with Crippen molar-refractivity contribution in [1.29, 1.82) is 0 Å². The molecule has 0 fully saturated rings. The van der Waals surface area contributed by atoms with Crippen LogP contribution in [0.4, 0.5) is 4.39 Å². The summed E-state index contributed by atoms with van der Waals surface area (Å²) < 4.78 is 33.3. The molecule has 0 aliphatic rings. The highest BCUT2D eigenvalue weighted by Gasteiger charge is 1.92. The van der Waals surface area contributed by atoms with Gasteiger partial charge in [-0.2, -0.15) is 0 Å². The van der Waals surface area contributed by atoms with Gasteiger partial charge in [-0.1, -0.05) is 11.6 Å². The molecule has 1 heterocycles. The van der Waals surface area contributed by atoms with Crippen LogP contribution in [0, 0.1) is 5.82 Å². The van der Waals surface area contributed by atoms with Crippen LogP contribution in [0.25, 0.3) is 0 Å². The number of rotatable bonds is 0. The zero-order valence-corrected chi connectivity index (χ0v) is 4.46. The highest BCUT2D eigenvalue weighted by Crippen LogP contribution is 2.09. The van der Waals surface area contributed by atoms with E-state index in [1.54, 1.807) is 0 Å². The maximum Gasteiger partial charge on any atom is 0.160 e. The lowest BCUT2D eigenvalue weighted by Gasteiger charge is -1.86. The minimum absolute atomic E-state index is 0.485. The Balaban J connectivity index is 3.46. The average molecular weight is 135 g/mol. The van der Waals surface area contributed by atoms with Gasteiger partial charge in [-0.3, -0.25) is 4.98 Å². The Labute approximate surface area is 55.3 Å². The summed E-state index contributed by atoms with van der Waals surface area (Å²) in [6.07, 6.45) is -1.18. The monoisotopic (exact) mass is 134 g/mol. The molecule has 0 amide bonds. The molecule has 1 rings (SSSR count). The molecule has 3 heteroatoms. The summed E-state index contributed by atoms with van der Waals surface area (Å²) in [4.78, 5) is 3.12. The van der Waals surface area contributed by atoms with Crippen molar-refractivity contribution in [2.75, 3.05) is 0 Å². The molecule has 0 unspecified atom stereocenters. The molecule has 1 aromatic rings. The quantitative estimate of drug-likeness (QED) is 0.528. The number of aromatic nitrogens is 1. The van der Waals surface area contributed by atoms with Crippen molar-refractivity contribution in [1.82, 2.24) is 4.98 Å². The minimum Gasteiger partial charge on any atom is -0.262 e. The average Bonchev–Trinajstić information content (AvgIpc) is 1.97. The van der Waals surface area contributed by atoms with Crippen molar-refractivity contribution >= 4 is 11.6 Å². The lowest BCUT2D eigenvalue weighted by Crippen LogP contribution is -1.75. The molecule has 1 nitrogen and oxygen atoms in total. The van der Waals surface area contributed by atoms with Gasteiger partial charge in [0.15, 0.2) is 5.82 Å². The first kappa shape index (κ1) is 2.78. The second-order valence-electron chi connectivity index (χ2n) is 1.09. The molecule has 0 aliphatic heterocycles. The fraction of sp³-hybridized carbons (Fsp3) is 0. The molecule has 0 atom stereocenters. The molecule has 0 saturated heterocycles. The van der Waals surface area contributed by atoms with E-state index in [-0.39, 0.29) is 0 Å². The Morgan fingerprint density at radius 3 is 3.38 bits per heavy atom. The lowest BCUT2D eigenvalue weighted by atomic mass is 10.5. The normalized spacial score (nSPS) is 14.5. The van der Waals surface area contributed by atoms with Gasteiger partial charge in [-0.05, 0) is 6.04 Å². The van der Waals surface area contributed by atoms with Crippen molar-refractivity contribution in [3.63, 3.8) is 0 Å². The summed E-state index contributed by atoms with van der Waals surface area (Å²) >= 11 is 5.25. The number of hydrogen-bond donors (Lipinski definition) is 0. The summed E-state index contributed by atoms with van der Waals surface area (Å²) in [5, 5.41) is -0.519. The van der Waals surface area contributed by atoms with Crippen molar-refractivity contribution in [3.05, 3.63) is 29.2 Å².